The molecule has 32 heavy (non-hydrogen) atoms. The highest BCUT2D eigenvalue weighted by atomic mass is 16.6. The van der Waals surface area contributed by atoms with Crippen LogP contribution in [0, 0.1) is 0 Å². The highest BCUT2D eigenvalue weighted by Crippen LogP contribution is 2.33. The molecule has 0 amide bonds. The first-order chi connectivity index (χ1) is 15.4. The number of nitrogens with two attached hydrogens (primary N) is 1. The van der Waals surface area contributed by atoms with Gasteiger partial charge >= 0.3 is 0 Å². The minimum Gasteiger partial charge on any atom is -0.491 e. The number of ether oxygens (including phenoxy) is 2. The summed E-state index contributed by atoms with van der Waals surface area (Å²) >= 11 is 0. The van der Waals surface area contributed by atoms with Gasteiger partial charge in [-0.05, 0) is 35.7 Å². The van der Waals surface area contributed by atoms with Gasteiger partial charge < -0.3 is 30.0 Å². The SMILES string of the molecule is CC(C)c1cnc2cc(OC[C@H]3O[C@@H](n4ccc5c(N)ncnc54)[C@H](O)[C@@H]3O)ccc2c1. The van der Waals surface area contributed by atoms with Crippen LogP contribution in [0.4, 0.5) is 5.82 Å². The number of nitrogens with zero attached hydrogens (tertiary/aromatic N) is 4. The summed E-state index contributed by atoms with van der Waals surface area (Å²) in [5.41, 5.74) is 8.42. The average molecular weight is 435 g/mol. The van der Waals surface area contributed by atoms with E-state index in [0.717, 1.165) is 10.9 Å². The van der Waals surface area contributed by atoms with E-state index in [1.807, 2.05) is 24.4 Å². The number of benzene rings is 1. The molecule has 0 aliphatic carbocycles. The van der Waals surface area contributed by atoms with Crippen LogP contribution < -0.4 is 10.5 Å². The summed E-state index contributed by atoms with van der Waals surface area (Å²) in [5.74, 6) is 1.36. The van der Waals surface area contributed by atoms with E-state index in [9.17, 15) is 10.2 Å². The van der Waals surface area contributed by atoms with E-state index in [-0.39, 0.29) is 6.61 Å². The minimum absolute atomic E-state index is 0.0701. The first-order valence-corrected chi connectivity index (χ1v) is 10.5. The molecule has 4 atom stereocenters. The Hall–Kier alpha value is -3.27. The summed E-state index contributed by atoms with van der Waals surface area (Å²) in [6, 6.07) is 9.56. The Bertz CT molecular complexity index is 1270. The van der Waals surface area contributed by atoms with Crippen LogP contribution in [0.2, 0.25) is 0 Å². The molecule has 5 rings (SSSR count). The van der Waals surface area contributed by atoms with Gasteiger partial charge in [0.05, 0.1) is 10.9 Å². The Kier molecular flexibility index (Phi) is 5.16. The van der Waals surface area contributed by atoms with Crippen molar-refractivity contribution >= 4 is 27.8 Å². The first-order valence-electron chi connectivity index (χ1n) is 10.5. The molecule has 166 valence electrons. The molecule has 1 aliphatic heterocycles. The molecule has 4 N–H and O–H groups in total. The Morgan fingerprint density at radius 3 is 2.78 bits per heavy atom. The molecule has 0 radical (unpaired) electrons. The number of rotatable bonds is 5. The third kappa shape index (κ3) is 3.54. The van der Waals surface area contributed by atoms with E-state index < -0.39 is 24.5 Å². The smallest absolute Gasteiger partial charge is 0.164 e. The summed E-state index contributed by atoms with van der Waals surface area (Å²) in [4.78, 5) is 12.7. The lowest BCUT2D eigenvalue weighted by molar-refractivity contribution is -0.0471. The van der Waals surface area contributed by atoms with Crippen molar-refractivity contribution in [3.8, 4) is 5.75 Å². The molecule has 1 aliphatic rings. The number of aromatic nitrogens is 4. The maximum atomic E-state index is 10.6. The Labute approximate surface area is 184 Å². The Morgan fingerprint density at radius 1 is 1.12 bits per heavy atom. The van der Waals surface area contributed by atoms with Crippen molar-refractivity contribution in [2.24, 2.45) is 0 Å². The van der Waals surface area contributed by atoms with Crippen LogP contribution >= 0.6 is 0 Å². The summed E-state index contributed by atoms with van der Waals surface area (Å²) in [6.45, 7) is 4.33. The lowest BCUT2D eigenvalue weighted by Crippen LogP contribution is -2.34. The monoisotopic (exact) mass is 435 g/mol. The first kappa shape index (κ1) is 20.6. The topological polar surface area (TPSA) is 129 Å². The molecular weight excluding hydrogens is 410 g/mol. The lowest BCUT2D eigenvalue weighted by Gasteiger charge is -2.17. The molecule has 4 aromatic rings. The number of aliphatic hydroxyl groups is 2. The molecule has 3 aromatic heterocycles. The fourth-order valence-electron chi connectivity index (χ4n) is 3.99. The predicted molar refractivity (Wildman–Crippen MR) is 119 cm³/mol. The minimum atomic E-state index is -1.15. The van der Waals surface area contributed by atoms with Gasteiger partial charge in [-0.25, -0.2) is 9.97 Å². The molecule has 4 heterocycles. The van der Waals surface area contributed by atoms with E-state index >= 15 is 0 Å². The Morgan fingerprint density at radius 2 is 1.97 bits per heavy atom. The quantitative estimate of drug-likeness (QED) is 0.436. The van der Waals surface area contributed by atoms with Crippen molar-refractivity contribution in [1.29, 1.82) is 0 Å². The zero-order chi connectivity index (χ0) is 22.4. The lowest BCUT2D eigenvalue weighted by atomic mass is 10.0. The molecule has 0 unspecified atom stereocenters. The van der Waals surface area contributed by atoms with Gasteiger partial charge in [-0.2, -0.15) is 0 Å². The molecule has 1 saturated heterocycles. The molecule has 0 bridgehead atoms. The zero-order valence-corrected chi connectivity index (χ0v) is 17.8. The molecule has 0 spiro atoms. The molecule has 0 saturated carbocycles. The fraction of sp³-hybridized carbons (Fsp3) is 0.348. The molecule has 9 heteroatoms. The van der Waals surface area contributed by atoms with Crippen molar-refractivity contribution in [2.45, 2.75) is 44.3 Å². The third-order valence-electron chi connectivity index (χ3n) is 5.91. The third-order valence-corrected chi connectivity index (χ3v) is 5.91. The summed E-state index contributed by atoms with van der Waals surface area (Å²) in [7, 11) is 0. The van der Waals surface area contributed by atoms with Crippen molar-refractivity contribution < 1.29 is 19.7 Å². The predicted octanol–water partition coefficient (Wildman–Crippen LogP) is 2.38. The van der Waals surface area contributed by atoms with Gasteiger partial charge in [-0.1, -0.05) is 13.8 Å². The van der Waals surface area contributed by atoms with E-state index in [2.05, 4.69) is 34.9 Å². The van der Waals surface area contributed by atoms with E-state index in [4.69, 9.17) is 15.2 Å². The van der Waals surface area contributed by atoms with Crippen LogP contribution in [0.5, 0.6) is 5.75 Å². The standard InChI is InChI=1S/C23H25N5O4/c1-12(2)14-7-13-3-4-15(8-17(13)25-9-14)31-10-18-19(29)20(30)23(32-18)28-6-5-16-21(24)26-11-27-22(16)28/h3-9,11-12,18-20,23,29-30H,10H2,1-2H3,(H2,24,26,27)/t18-,19-,20-,23-/m1/s1. The van der Waals surface area contributed by atoms with Gasteiger partial charge in [0.1, 0.15) is 48.5 Å². The fourth-order valence-corrected chi connectivity index (χ4v) is 3.99. The maximum Gasteiger partial charge on any atom is 0.164 e. The molecular formula is C23H25N5O4. The van der Waals surface area contributed by atoms with Gasteiger partial charge in [0.2, 0.25) is 0 Å². The summed E-state index contributed by atoms with van der Waals surface area (Å²) in [5, 5.41) is 22.8. The number of nitrogen functional groups attached to an aromatic ring is 1. The van der Waals surface area contributed by atoms with Crippen LogP contribution in [-0.2, 0) is 4.74 Å². The van der Waals surface area contributed by atoms with Crippen molar-refractivity contribution in [3.63, 3.8) is 0 Å². The van der Waals surface area contributed by atoms with Gasteiger partial charge in [-0.3, -0.25) is 4.98 Å². The number of hydrogen-bond donors (Lipinski definition) is 3. The number of fused-ring (bicyclic) bond motifs is 2. The number of hydrogen-bond acceptors (Lipinski definition) is 8. The summed E-state index contributed by atoms with van der Waals surface area (Å²) in [6.07, 6.45) is 1.12. The van der Waals surface area contributed by atoms with Crippen molar-refractivity contribution in [3.05, 3.63) is 54.6 Å². The highest BCUT2D eigenvalue weighted by Gasteiger charge is 2.44. The van der Waals surface area contributed by atoms with Gasteiger partial charge in [0.25, 0.3) is 0 Å². The van der Waals surface area contributed by atoms with Crippen molar-refractivity contribution in [1.82, 2.24) is 19.5 Å². The van der Waals surface area contributed by atoms with Crippen LogP contribution in [0.15, 0.2) is 49.1 Å². The maximum absolute atomic E-state index is 10.6. The van der Waals surface area contributed by atoms with Crippen molar-refractivity contribution in [2.75, 3.05) is 12.3 Å². The van der Waals surface area contributed by atoms with E-state index in [0.29, 0.717) is 28.5 Å². The van der Waals surface area contributed by atoms with E-state index in [1.165, 1.54) is 11.9 Å². The number of pyridine rings is 1. The second kappa shape index (κ2) is 8.01. The number of anilines is 1. The highest BCUT2D eigenvalue weighted by molar-refractivity contribution is 5.86. The van der Waals surface area contributed by atoms with Crippen LogP contribution in [0.3, 0.4) is 0 Å². The second-order valence-corrected chi connectivity index (χ2v) is 8.35. The molecule has 9 nitrogen and oxygen atoms in total. The normalized spacial score (nSPS) is 23.4. The van der Waals surface area contributed by atoms with Crippen LogP contribution in [-0.4, -0.2) is 54.7 Å². The zero-order valence-electron chi connectivity index (χ0n) is 17.8. The summed E-state index contributed by atoms with van der Waals surface area (Å²) < 4.78 is 13.5. The van der Waals surface area contributed by atoms with Crippen LogP contribution in [0.1, 0.15) is 31.6 Å². The molecule has 1 fully saturated rings. The second-order valence-electron chi connectivity index (χ2n) is 8.35. The van der Waals surface area contributed by atoms with Gasteiger partial charge in [-0.15, -0.1) is 0 Å². The Balaban J connectivity index is 1.31. The van der Waals surface area contributed by atoms with E-state index in [1.54, 1.807) is 16.8 Å². The molecule has 1 aromatic carbocycles. The van der Waals surface area contributed by atoms with Gasteiger partial charge in [0, 0.05) is 23.8 Å². The van der Waals surface area contributed by atoms with Crippen LogP contribution in [0.25, 0.3) is 21.9 Å². The average Bonchev–Trinajstić information content (AvgIpc) is 3.34. The largest absolute Gasteiger partial charge is 0.491 e. The number of aliphatic hydroxyl groups excluding tert-OH is 2. The van der Waals surface area contributed by atoms with Gasteiger partial charge in [0.15, 0.2) is 6.23 Å².